The van der Waals surface area contributed by atoms with Crippen molar-refractivity contribution in [1.82, 2.24) is 20.0 Å². The van der Waals surface area contributed by atoms with Gasteiger partial charge in [0.2, 0.25) is 0 Å². The van der Waals surface area contributed by atoms with Gasteiger partial charge in [0, 0.05) is 46.4 Å². The Bertz CT molecular complexity index is 555. The standard InChI is InChI=1S/C21H34N4O2/c1-27-17-16-23-12-14-25(15-13-23)21(26)22-18-20(19-8-4-2-5-9-19)24-10-6-3-7-11-24/h2,4-5,8-9,20H,3,6-7,10-18H2,1H3,(H,22,26). The molecular weight excluding hydrogens is 340 g/mol. The highest BCUT2D eigenvalue weighted by atomic mass is 16.5. The predicted octanol–water partition coefficient (Wildman–Crippen LogP) is 2.19. The van der Waals surface area contributed by atoms with Gasteiger partial charge in [0.15, 0.2) is 0 Å². The molecule has 27 heavy (non-hydrogen) atoms. The number of piperazine rings is 1. The largest absolute Gasteiger partial charge is 0.383 e. The number of methoxy groups -OCH3 is 1. The molecular formula is C21H34N4O2. The molecule has 6 heteroatoms. The summed E-state index contributed by atoms with van der Waals surface area (Å²) in [6, 6.07) is 10.9. The molecule has 1 atom stereocenters. The van der Waals surface area contributed by atoms with Crippen molar-refractivity contribution < 1.29 is 9.53 Å². The predicted molar refractivity (Wildman–Crippen MR) is 108 cm³/mol. The molecule has 2 fully saturated rings. The number of benzene rings is 1. The van der Waals surface area contributed by atoms with Gasteiger partial charge in [0.05, 0.1) is 12.6 Å². The first kappa shape index (κ1) is 20.1. The second kappa shape index (κ2) is 10.6. The number of nitrogens with one attached hydrogen (secondary N) is 1. The summed E-state index contributed by atoms with van der Waals surface area (Å²) in [4.78, 5) is 19.5. The molecule has 0 radical (unpaired) electrons. The Balaban J connectivity index is 1.52. The van der Waals surface area contributed by atoms with Gasteiger partial charge in [-0.3, -0.25) is 9.80 Å². The van der Waals surface area contributed by atoms with Gasteiger partial charge in [-0.15, -0.1) is 0 Å². The summed E-state index contributed by atoms with van der Waals surface area (Å²) in [6.45, 7) is 8.02. The number of urea groups is 1. The minimum Gasteiger partial charge on any atom is -0.383 e. The third kappa shape index (κ3) is 5.92. The fourth-order valence-corrected chi connectivity index (χ4v) is 4.05. The minimum absolute atomic E-state index is 0.0688. The van der Waals surface area contributed by atoms with E-state index in [-0.39, 0.29) is 12.1 Å². The number of likely N-dealkylation sites (tertiary alicyclic amines) is 1. The summed E-state index contributed by atoms with van der Waals surface area (Å²) in [5.74, 6) is 0. The number of nitrogens with zero attached hydrogens (tertiary/aromatic N) is 3. The maximum Gasteiger partial charge on any atom is 0.317 e. The van der Waals surface area contributed by atoms with Gasteiger partial charge in [0.1, 0.15) is 0 Å². The lowest BCUT2D eigenvalue weighted by molar-refractivity contribution is 0.104. The average Bonchev–Trinajstić information content (AvgIpc) is 2.74. The van der Waals surface area contributed by atoms with E-state index in [2.05, 4.69) is 45.4 Å². The first-order chi connectivity index (χ1) is 13.3. The first-order valence-electron chi connectivity index (χ1n) is 10.3. The smallest absolute Gasteiger partial charge is 0.317 e. The van der Waals surface area contributed by atoms with Crippen molar-refractivity contribution in [2.75, 3.05) is 66.1 Å². The highest BCUT2D eigenvalue weighted by molar-refractivity contribution is 5.74. The molecule has 1 N–H and O–H groups in total. The molecule has 1 aromatic carbocycles. The van der Waals surface area contributed by atoms with Crippen LogP contribution in [0.4, 0.5) is 4.79 Å². The maximum atomic E-state index is 12.7. The van der Waals surface area contributed by atoms with Gasteiger partial charge in [-0.25, -0.2) is 4.79 Å². The van der Waals surface area contributed by atoms with E-state index in [1.807, 2.05) is 4.90 Å². The van der Waals surface area contributed by atoms with Crippen molar-refractivity contribution in [2.24, 2.45) is 0 Å². The number of piperidine rings is 1. The topological polar surface area (TPSA) is 48.1 Å². The van der Waals surface area contributed by atoms with Gasteiger partial charge >= 0.3 is 6.03 Å². The van der Waals surface area contributed by atoms with Crippen LogP contribution in [0.1, 0.15) is 30.9 Å². The van der Waals surface area contributed by atoms with E-state index in [0.717, 1.165) is 52.4 Å². The lowest BCUT2D eigenvalue weighted by Crippen LogP contribution is -2.53. The van der Waals surface area contributed by atoms with Crippen LogP contribution < -0.4 is 5.32 Å². The van der Waals surface area contributed by atoms with E-state index >= 15 is 0 Å². The third-order valence-corrected chi connectivity index (χ3v) is 5.73. The van der Waals surface area contributed by atoms with Crippen LogP contribution in [0.3, 0.4) is 0 Å². The van der Waals surface area contributed by atoms with E-state index in [4.69, 9.17) is 4.74 Å². The Labute approximate surface area is 163 Å². The molecule has 0 aromatic heterocycles. The van der Waals surface area contributed by atoms with E-state index in [1.54, 1.807) is 7.11 Å². The Kier molecular flexibility index (Phi) is 7.93. The highest BCUT2D eigenvalue weighted by Gasteiger charge is 2.25. The number of hydrogen-bond acceptors (Lipinski definition) is 4. The van der Waals surface area contributed by atoms with Crippen LogP contribution in [-0.4, -0.2) is 86.8 Å². The normalized spacial score (nSPS) is 20.4. The fourth-order valence-electron chi connectivity index (χ4n) is 4.05. The first-order valence-corrected chi connectivity index (χ1v) is 10.3. The van der Waals surface area contributed by atoms with Crippen LogP contribution in [0.25, 0.3) is 0 Å². The quantitative estimate of drug-likeness (QED) is 0.795. The van der Waals surface area contributed by atoms with E-state index < -0.39 is 0 Å². The summed E-state index contributed by atoms with van der Waals surface area (Å²) in [6.07, 6.45) is 3.82. The molecule has 0 saturated carbocycles. The maximum absolute atomic E-state index is 12.7. The van der Waals surface area contributed by atoms with Crippen molar-refractivity contribution in [3.8, 4) is 0 Å². The molecule has 1 unspecified atom stereocenters. The fraction of sp³-hybridized carbons (Fsp3) is 0.667. The molecule has 3 rings (SSSR count). The lowest BCUT2D eigenvalue weighted by Gasteiger charge is -2.37. The van der Waals surface area contributed by atoms with E-state index in [9.17, 15) is 4.79 Å². The summed E-state index contributed by atoms with van der Waals surface area (Å²) >= 11 is 0. The number of hydrogen-bond donors (Lipinski definition) is 1. The van der Waals surface area contributed by atoms with Gasteiger partial charge in [0.25, 0.3) is 0 Å². The second-order valence-electron chi connectivity index (χ2n) is 7.53. The molecule has 2 aliphatic heterocycles. The molecule has 6 nitrogen and oxygen atoms in total. The van der Waals surface area contributed by atoms with Gasteiger partial charge in [-0.2, -0.15) is 0 Å². The van der Waals surface area contributed by atoms with Gasteiger partial charge < -0.3 is 15.0 Å². The summed E-state index contributed by atoms with van der Waals surface area (Å²) in [7, 11) is 1.73. The molecule has 2 saturated heterocycles. The van der Waals surface area contributed by atoms with Crippen molar-refractivity contribution in [3.05, 3.63) is 35.9 Å². The number of ether oxygens (including phenoxy) is 1. The molecule has 2 amide bonds. The highest BCUT2D eigenvalue weighted by Crippen LogP contribution is 2.24. The minimum atomic E-state index is 0.0688. The molecule has 0 aliphatic carbocycles. The SMILES string of the molecule is COCCN1CCN(C(=O)NCC(c2ccccc2)N2CCCCC2)CC1. The number of carbonyl (C=O) groups excluding carboxylic acids is 1. The van der Waals surface area contributed by atoms with E-state index in [1.165, 1.54) is 24.8 Å². The Morgan fingerprint density at radius 2 is 1.74 bits per heavy atom. The van der Waals surface area contributed by atoms with Crippen LogP contribution in [0, 0.1) is 0 Å². The third-order valence-electron chi connectivity index (χ3n) is 5.73. The van der Waals surface area contributed by atoms with Gasteiger partial charge in [-0.05, 0) is 31.5 Å². The summed E-state index contributed by atoms with van der Waals surface area (Å²) in [5.41, 5.74) is 1.30. The van der Waals surface area contributed by atoms with Crippen LogP contribution in [0.15, 0.2) is 30.3 Å². The molecule has 2 aliphatic rings. The lowest BCUT2D eigenvalue weighted by atomic mass is 10.0. The number of carbonyl (C=O) groups is 1. The number of rotatable bonds is 7. The molecule has 0 spiro atoms. The van der Waals surface area contributed by atoms with Crippen molar-refractivity contribution in [2.45, 2.75) is 25.3 Å². The monoisotopic (exact) mass is 374 g/mol. The van der Waals surface area contributed by atoms with Crippen LogP contribution in [0.5, 0.6) is 0 Å². The zero-order valence-corrected chi connectivity index (χ0v) is 16.6. The van der Waals surface area contributed by atoms with Crippen LogP contribution >= 0.6 is 0 Å². The Morgan fingerprint density at radius 1 is 1.04 bits per heavy atom. The average molecular weight is 375 g/mol. The van der Waals surface area contributed by atoms with E-state index in [0.29, 0.717) is 6.54 Å². The van der Waals surface area contributed by atoms with Gasteiger partial charge in [-0.1, -0.05) is 36.8 Å². The molecule has 1 aromatic rings. The van der Waals surface area contributed by atoms with Crippen molar-refractivity contribution in [3.63, 3.8) is 0 Å². The molecule has 2 heterocycles. The summed E-state index contributed by atoms with van der Waals surface area (Å²) < 4.78 is 5.14. The zero-order valence-electron chi connectivity index (χ0n) is 16.6. The van der Waals surface area contributed by atoms with Crippen LogP contribution in [0.2, 0.25) is 0 Å². The molecule has 150 valence electrons. The van der Waals surface area contributed by atoms with Crippen molar-refractivity contribution >= 4 is 6.03 Å². The zero-order chi connectivity index (χ0) is 18.9. The number of amides is 2. The van der Waals surface area contributed by atoms with Crippen molar-refractivity contribution in [1.29, 1.82) is 0 Å². The Hall–Kier alpha value is -1.63. The summed E-state index contributed by atoms with van der Waals surface area (Å²) in [5, 5.41) is 3.21. The van der Waals surface area contributed by atoms with Crippen LogP contribution in [-0.2, 0) is 4.74 Å². The molecule has 0 bridgehead atoms. The Morgan fingerprint density at radius 3 is 2.41 bits per heavy atom. The second-order valence-corrected chi connectivity index (χ2v) is 7.53.